The van der Waals surface area contributed by atoms with Gasteiger partial charge in [0.15, 0.2) is 0 Å². The summed E-state index contributed by atoms with van der Waals surface area (Å²) in [6.07, 6.45) is 6.38. The zero-order chi connectivity index (χ0) is 9.10. The first-order valence-electron chi connectivity index (χ1n) is 5.62. The van der Waals surface area contributed by atoms with Gasteiger partial charge < -0.3 is 10.3 Å². The van der Waals surface area contributed by atoms with Gasteiger partial charge in [0, 0.05) is 18.9 Å². The fraction of sp³-hybridized carbons (Fsp3) is 1.00. The molecule has 0 radical (unpaired) electrons. The number of nitrogens with one attached hydrogen (secondary N) is 1. The van der Waals surface area contributed by atoms with Crippen LogP contribution in [0.5, 0.6) is 0 Å². The van der Waals surface area contributed by atoms with E-state index in [0.29, 0.717) is 5.06 Å². The minimum absolute atomic E-state index is 0.480. The lowest BCUT2D eigenvalue weighted by molar-refractivity contribution is -0.854. The van der Waals surface area contributed by atoms with Gasteiger partial charge in [-0.3, -0.25) is 4.90 Å². The van der Waals surface area contributed by atoms with Gasteiger partial charge in [-0.1, -0.05) is 6.42 Å². The Hall–Kier alpha value is -0.120. The highest BCUT2D eigenvalue weighted by atomic mass is 16.5. The summed E-state index contributed by atoms with van der Waals surface area (Å²) in [5.41, 5.74) is 0. The lowest BCUT2D eigenvalue weighted by Gasteiger charge is -2.39. The molecular formula is C10H20N2O. The molecule has 0 bridgehead atoms. The molecule has 0 saturated carbocycles. The van der Waals surface area contributed by atoms with E-state index < -0.39 is 0 Å². The van der Waals surface area contributed by atoms with Gasteiger partial charge in [0.25, 0.3) is 0 Å². The minimum Gasteiger partial charge on any atom is -0.634 e. The molecule has 0 spiro atoms. The summed E-state index contributed by atoms with van der Waals surface area (Å²) in [5, 5.41) is 11.6. The maximum absolute atomic E-state index is 11.1. The summed E-state index contributed by atoms with van der Waals surface area (Å²) in [4.78, 5) is 2.61. The van der Waals surface area contributed by atoms with Gasteiger partial charge in [0.05, 0.1) is 13.1 Å². The summed E-state index contributed by atoms with van der Waals surface area (Å²) in [6, 6.07) is 0.734. The van der Waals surface area contributed by atoms with Crippen molar-refractivity contribution in [3.8, 4) is 0 Å². The first kappa shape index (κ1) is 9.44. The van der Waals surface area contributed by atoms with Crippen LogP contribution in [0.2, 0.25) is 0 Å². The van der Waals surface area contributed by atoms with Gasteiger partial charge in [-0.25, -0.2) is 0 Å². The van der Waals surface area contributed by atoms with E-state index in [4.69, 9.17) is 0 Å². The molecule has 2 aliphatic rings. The zero-order valence-corrected chi connectivity index (χ0v) is 8.30. The van der Waals surface area contributed by atoms with Crippen molar-refractivity contribution in [2.45, 2.75) is 38.1 Å². The first-order chi connectivity index (χ1) is 6.36. The molecule has 2 aliphatic heterocycles. The molecule has 3 nitrogen and oxygen atoms in total. The first-order valence-corrected chi connectivity index (χ1v) is 5.62. The van der Waals surface area contributed by atoms with E-state index in [9.17, 15) is 5.21 Å². The van der Waals surface area contributed by atoms with Gasteiger partial charge in [-0.15, -0.1) is 0 Å². The number of likely N-dealkylation sites (tertiary alicyclic amines) is 1. The molecule has 0 aromatic carbocycles. The molecule has 0 aliphatic carbocycles. The van der Waals surface area contributed by atoms with Crippen LogP contribution >= 0.6 is 0 Å². The standard InChI is InChI=1S/C10H20N2O/c13-12-8-4-10(5-9-12)11-6-2-1-3-7-11/h10,12H,1-9H2. The van der Waals surface area contributed by atoms with Crippen LogP contribution in [0.15, 0.2) is 0 Å². The Morgan fingerprint density at radius 2 is 1.62 bits per heavy atom. The Labute approximate surface area is 80.3 Å². The van der Waals surface area contributed by atoms with E-state index >= 15 is 0 Å². The third-order valence-corrected chi connectivity index (χ3v) is 3.42. The van der Waals surface area contributed by atoms with Crippen molar-refractivity contribution in [3.63, 3.8) is 0 Å². The second kappa shape index (κ2) is 4.40. The maximum atomic E-state index is 11.1. The molecule has 76 valence electrons. The summed E-state index contributed by atoms with van der Waals surface area (Å²) in [7, 11) is 0. The highest BCUT2D eigenvalue weighted by Gasteiger charge is 2.24. The molecular weight excluding hydrogens is 164 g/mol. The number of hydrogen-bond donors (Lipinski definition) is 1. The van der Waals surface area contributed by atoms with Crippen LogP contribution in [0.4, 0.5) is 0 Å². The normalized spacial score (nSPS) is 37.6. The van der Waals surface area contributed by atoms with E-state index in [0.717, 1.165) is 32.0 Å². The average molecular weight is 184 g/mol. The van der Waals surface area contributed by atoms with E-state index in [1.165, 1.54) is 32.4 Å². The molecule has 0 atom stereocenters. The smallest absolute Gasteiger partial charge is 0.0783 e. The number of piperidine rings is 2. The Bertz CT molecular complexity index is 149. The van der Waals surface area contributed by atoms with Crippen LogP contribution < -0.4 is 5.06 Å². The molecule has 2 heterocycles. The van der Waals surface area contributed by atoms with E-state index in [2.05, 4.69) is 4.90 Å². The molecule has 2 saturated heterocycles. The molecule has 13 heavy (non-hydrogen) atoms. The molecule has 3 heteroatoms. The Morgan fingerprint density at radius 3 is 2.23 bits per heavy atom. The van der Waals surface area contributed by atoms with Crippen LogP contribution in [0.3, 0.4) is 0 Å². The van der Waals surface area contributed by atoms with E-state index in [1.54, 1.807) is 0 Å². The second-order valence-electron chi connectivity index (χ2n) is 4.37. The predicted molar refractivity (Wildman–Crippen MR) is 52.5 cm³/mol. The quantitative estimate of drug-likeness (QED) is 0.582. The van der Waals surface area contributed by atoms with Crippen LogP contribution in [0, 0.1) is 5.21 Å². The molecule has 2 fully saturated rings. The van der Waals surface area contributed by atoms with Crippen molar-refractivity contribution in [2.24, 2.45) is 0 Å². The number of hydrogen-bond acceptors (Lipinski definition) is 2. The zero-order valence-electron chi connectivity index (χ0n) is 8.30. The van der Waals surface area contributed by atoms with Crippen molar-refractivity contribution in [2.75, 3.05) is 26.2 Å². The lowest BCUT2D eigenvalue weighted by atomic mass is 10.0. The highest BCUT2D eigenvalue weighted by molar-refractivity contribution is 4.76. The fourth-order valence-corrected chi connectivity index (χ4v) is 2.57. The van der Waals surface area contributed by atoms with Crippen LogP contribution in [-0.2, 0) is 0 Å². The SMILES string of the molecule is [O-][NH+]1CCC(N2CCCCC2)CC1. The van der Waals surface area contributed by atoms with Crippen molar-refractivity contribution >= 4 is 0 Å². The molecule has 2 rings (SSSR count). The van der Waals surface area contributed by atoms with E-state index in [-0.39, 0.29) is 0 Å². The lowest BCUT2D eigenvalue weighted by Crippen LogP contribution is -3.08. The Morgan fingerprint density at radius 1 is 1.00 bits per heavy atom. The van der Waals surface area contributed by atoms with Crippen LogP contribution in [-0.4, -0.2) is 37.1 Å². The van der Waals surface area contributed by atoms with Gasteiger partial charge >= 0.3 is 0 Å². The van der Waals surface area contributed by atoms with Crippen molar-refractivity contribution < 1.29 is 5.06 Å². The molecule has 0 aromatic rings. The Balaban J connectivity index is 1.79. The number of rotatable bonds is 1. The summed E-state index contributed by atoms with van der Waals surface area (Å²) < 4.78 is 0. The number of quaternary nitrogens is 1. The van der Waals surface area contributed by atoms with Crippen LogP contribution in [0.1, 0.15) is 32.1 Å². The molecule has 0 aromatic heterocycles. The monoisotopic (exact) mass is 184 g/mol. The molecule has 0 amide bonds. The number of nitrogens with zero attached hydrogens (tertiary/aromatic N) is 1. The number of hydroxylamine groups is 2. The predicted octanol–water partition coefficient (Wildman–Crippen LogP) is 0.0174. The summed E-state index contributed by atoms with van der Waals surface area (Å²) >= 11 is 0. The van der Waals surface area contributed by atoms with Crippen molar-refractivity contribution in [1.82, 2.24) is 4.90 Å². The minimum atomic E-state index is 0.480. The van der Waals surface area contributed by atoms with E-state index in [1.807, 2.05) is 0 Å². The third kappa shape index (κ3) is 2.42. The molecule has 0 unspecified atom stereocenters. The second-order valence-corrected chi connectivity index (χ2v) is 4.37. The topological polar surface area (TPSA) is 30.7 Å². The van der Waals surface area contributed by atoms with Gasteiger partial charge in [0.1, 0.15) is 0 Å². The van der Waals surface area contributed by atoms with Gasteiger partial charge in [-0.2, -0.15) is 0 Å². The molecule has 1 N–H and O–H groups in total. The van der Waals surface area contributed by atoms with Crippen molar-refractivity contribution in [3.05, 3.63) is 5.21 Å². The summed E-state index contributed by atoms with van der Waals surface area (Å²) in [5.74, 6) is 0. The average Bonchev–Trinajstić information content (AvgIpc) is 2.20. The maximum Gasteiger partial charge on any atom is 0.0783 e. The largest absolute Gasteiger partial charge is 0.634 e. The third-order valence-electron chi connectivity index (χ3n) is 3.42. The fourth-order valence-electron chi connectivity index (χ4n) is 2.57. The van der Waals surface area contributed by atoms with Gasteiger partial charge in [-0.05, 0) is 25.9 Å². The summed E-state index contributed by atoms with van der Waals surface area (Å²) in [6.45, 7) is 4.22. The van der Waals surface area contributed by atoms with Gasteiger partial charge in [0.2, 0.25) is 0 Å². The highest BCUT2D eigenvalue weighted by Crippen LogP contribution is 2.16. The van der Waals surface area contributed by atoms with Crippen LogP contribution in [0.25, 0.3) is 0 Å². The van der Waals surface area contributed by atoms with Crippen molar-refractivity contribution in [1.29, 1.82) is 0 Å². The Kier molecular flexibility index (Phi) is 3.19.